The number of rotatable bonds is 1. The summed E-state index contributed by atoms with van der Waals surface area (Å²) in [4.78, 5) is 11.9. The molecule has 1 unspecified atom stereocenters. The quantitative estimate of drug-likeness (QED) is 0.776. The fraction of sp³-hybridized carbons (Fsp3) is 0.375. The highest BCUT2D eigenvalue weighted by Crippen LogP contribution is 2.41. The summed E-state index contributed by atoms with van der Waals surface area (Å²) >= 11 is 4.83. The van der Waals surface area contributed by atoms with E-state index in [0.717, 1.165) is 8.72 Å². The molecule has 1 heterocycles. The molecule has 1 atom stereocenters. The van der Waals surface area contributed by atoms with Gasteiger partial charge in [-0.3, -0.25) is 4.79 Å². The van der Waals surface area contributed by atoms with Gasteiger partial charge in [0.2, 0.25) is 0 Å². The molecule has 0 amide bonds. The van der Waals surface area contributed by atoms with E-state index in [1.54, 1.807) is 19.1 Å². The van der Waals surface area contributed by atoms with E-state index in [4.69, 9.17) is 5.11 Å². The zero-order valence-electron chi connectivity index (χ0n) is 6.80. The predicted molar refractivity (Wildman–Crippen MR) is 54.1 cm³/mol. The summed E-state index contributed by atoms with van der Waals surface area (Å²) in [6.07, 6.45) is 3.46. The summed E-state index contributed by atoms with van der Waals surface area (Å²) in [5, 5.41) is 8.91. The van der Waals surface area contributed by atoms with Gasteiger partial charge in [0.25, 0.3) is 0 Å². The zero-order chi connectivity index (χ0) is 9.35. The number of carbonyl (C=O) groups is 1. The molecular weight excluding hydrogens is 240 g/mol. The molecule has 0 aromatic rings. The Labute approximate surface area is 83.9 Å². The van der Waals surface area contributed by atoms with Gasteiger partial charge in [0.15, 0.2) is 0 Å². The van der Waals surface area contributed by atoms with Crippen LogP contribution in [0.5, 0.6) is 0 Å². The number of hydrogen-bond donors (Lipinski definition) is 1. The van der Waals surface area contributed by atoms with Crippen LogP contribution in [0.2, 0.25) is 0 Å². The second kappa shape index (κ2) is 3.26. The second-order valence-corrected chi connectivity index (χ2v) is 5.56. The van der Waals surface area contributed by atoms with Crippen molar-refractivity contribution in [3.05, 3.63) is 20.9 Å². The largest absolute Gasteiger partial charge is 0.480 e. The van der Waals surface area contributed by atoms with Crippen molar-refractivity contribution in [1.29, 1.82) is 0 Å². The summed E-state index contributed by atoms with van der Waals surface area (Å²) in [6.45, 7) is 3.58. The number of halogens is 1. The van der Waals surface area contributed by atoms with Crippen molar-refractivity contribution in [2.24, 2.45) is 5.41 Å². The van der Waals surface area contributed by atoms with Crippen molar-refractivity contribution in [3.63, 3.8) is 0 Å². The van der Waals surface area contributed by atoms with Crippen molar-refractivity contribution >= 4 is 33.7 Å². The smallest absolute Gasteiger partial charge is 0.317 e. The molecule has 0 saturated heterocycles. The van der Waals surface area contributed by atoms with Gasteiger partial charge in [-0.1, -0.05) is 17.8 Å². The first-order valence-corrected chi connectivity index (χ1v) is 5.04. The SMILES string of the molecule is CC1=CC(C)(C(=O)O)C=C(Br)S1. The maximum absolute atomic E-state index is 10.8. The standard InChI is InChI=1S/C8H9BrO2S/c1-5-3-8(2,7(10)11)4-6(9)12-5/h3-4H,1-2H3,(H,10,11). The molecule has 4 heteroatoms. The van der Waals surface area contributed by atoms with E-state index in [0.29, 0.717) is 0 Å². The lowest BCUT2D eigenvalue weighted by Gasteiger charge is -2.22. The Bertz CT molecular complexity index is 263. The fourth-order valence-electron chi connectivity index (χ4n) is 1.04. The van der Waals surface area contributed by atoms with Crippen LogP contribution >= 0.6 is 27.7 Å². The molecule has 0 saturated carbocycles. The van der Waals surface area contributed by atoms with Gasteiger partial charge in [-0.25, -0.2) is 0 Å². The van der Waals surface area contributed by atoms with Gasteiger partial charge in [0.1, 0.15) is 5.41 Å². The van der Waals surface area contributed by atoms with Gasteiger partial charge in [-0.05, 0) is 40.8 Å². The molecule has 1 aliphatic rings. The fourth-order valence-corrected chi connectivity index (χ4v) is 3.19. The van der Waals surface area contributed by atoms with Gasteiger partial charge in [0, 0.05) is 0 Å². The van der Waals surface area contributed by atoms with Gasteiger partial charge in [-0.15, -0.1) is 0 Å². The number of aliphatic carboxylic acids is 1. The molecule has 0 bridgehead atoms. The predicted octanol–water partition coefficient (Wildman–Crippen LogP) is 2.96. The Balaban J connectivity index is 3.05. The van der Waals surface area contributed by atoms with E-state index in [2.05, 4.69) is 15.9 Å². The second-order valence-electron chi connectivity index (χ2n) is 2.89. The van der Waals surface area contributed by atoms with Crippen LogP contribution in [0, 0.1) is 5.41 Å². The first-order valence-electron chi connectivity index (χ1n) is 3.43. The minimum absolute atomic E-state index is 0.820. The number of thioether (sulfide) groups is 1. The molecule has 1 rings (SSSR count). The molecule has 0 aromatic carbocycles. The molecule has 0 radical (unpaired) electrons. The van der Waals surface area contributed by atoms with Crippen LogP contribution in [-0.4, -0.2) is 11.1 Å². The third kappa shape index (κ3) is 1.93. The maximum Gasteiger partial charge on any atom is 0.317 e. The van der Waals surface area contributed by atoms with Crippen molar-refractivity contribution < 1.29 is 9.90 Å². The lowest BCUT2D eigenvalue weighted by Crippen LogP contribution is -2.24. The molecule has 2 nitrogen and oxygen atoms in total. The highest BCUT2D eigenvalue weighted by Gasteiger charge is 2.31. The molecule has 0 fully saturated rings. The van der Waals surface area contributed by atoms with E-state index in [1.165, 1.54) is 11.8 Å². The molecule has 12 heavy (non-hydrogen) atoms. The first-order chi connectivity index (χ1) is 5.44. The van der Waals surface area contributed by atoms with E-state index in [1.807, 2.05) is 6.92 Å². The van der Waals surface area contributed by atoms with Gasteiger partial charge < -0.3 is 5.11 Å². The van der Waals surface area contributed by atoms with Gasteiger partial charge in [0.05, 0.1) is 3.81 Å². The summed E-state index contributed by atoms with van der Waals surface area (Å²) in [5.74, 6) is -0.820. The normalized spacial score (nSPS) is 29.2. The number of allylic oxidation sites excluding steroid dienone is 1. The molecule has 1 N–H and O–H groups in total. The lowest BCUT2D eigenvalue weighted by atomic mass is 9.90. The summed E-state index contributed by atoms with van der Waals surface area (Å²) < 4.78 is 0.868. The topological polar surface area (TPSA) is 37.3 Å². The van der Waals surface area contributed by atoms with Crippen molar-refractivity contribution in [2.75, 3.05) is 0 Å². The molecule has 0 aromatic heterocycles. The van der Waals surface area contributed by atoms with Crippen molar-refractivity contribution in [2.45, 2.75) is 13.8 Å². The van der Waals surface area contributed by atoms with Crippen LogP contribution in [0.25, 0.3) is 0 Å². The molecule has 66 valence electrons. The van der Waals surface area contributed by atoms with E-state index >= 15 is 0 Å². The highest BCUT2D eigenvalue weighted by molar-refractivity contribution is 9.14. The molecule has 1 aliphatic heterocycles. The van der Waals surface area contributed by atoms with Gasteiger partial charge >= 0.3 is 5.97 Å². The Morgan fingerprint density at radius 1 is 1.67 bits per heavy atom. The van der Waals surface area contributed by atoms with E-state index in [9.17, 15) is 4.79 Å². The van der Waals surface area contributed by atoms with Crippen LogP contribution in [-0.2, 0) is 4.79 Å². The van der Waals surface area contributed by atoms with Crippen LogP contribution in [0.4, 0.5) is 0 Å². The summed E-state index contributed by atoms with van der Waals surface area (Å²) in [6, 6.07) is 0. The summed E-state index contributed by atoms with van der Waals surface area (Å²) in [5.41, 5.74) is -0.853. The zero-order valence-corrected chi connectivity index (χ0v) is 9.20. The summed E-state index contributed by atoms with van der Waals surface area (Å²) in [7, 11) is 0. The highest BCUT2D eigenvalue weighted by atomic mass is 79.9. The number of hydrogen-bond acceptors (Lipinski definition) is 2. The third-order valence-corrected chi connectivity index (χ3v) is 3.10. The average Bonchev–Trinajstić information content (AvgIpc) is 1.82. The van der Waals surface area contributed by atoms with Gasteiger partial charge in [-0.2, -0.15) is 0 Å². The van der Waals surface area contributed by atoms with Crippen LogP contribution in [0.1, 0.15) is 13.8 Å². The maximum atomic E-state index is 10.8. The Kier molecular flexibility index (Phi) is 2.68. The first kappa shape index (κ1) is 9.86. The van der Waals surface area contributed by atoms with E-state index < -0.39 is 11.4 Å². The van der Waals surface area contributed by atoms with Crippen LogP contribution in [0.15, 0.2) is 20.9 Å². The lowest BCUT2D eigenvalue weighted by molar-refractivity contribution is -0.142. The van der Waals surface area contributed by atoms with Crippen LogP contribution < -0.4 is 0 Å². The Morgan fingerprint density at radius 2 is 2.25 bits per heavy atom. The minimum atomic E-state index is -0.853. The molecular formula is C8H9BrO2S. The minimum Gasteiger partial charge on any atom is -0.480 e. The average molecular weight is 249 g/mol. The molecule has 0 spiro atoms. The monoisotopic (exact) mass is 248 g/mol. The van der Waals surface area contributed by atoms with Crippen molar-refractivity contribution in [1.82, 2.24) is 0 Å². The number of carboxylic acid groups (broad SMARTS) is 1. The van der Waals surface area contributed by atoms with Crippen LogP contribution in [0.3, 0.4) is 0 Å². The molecule has 0 aliphatic carbocycles. The van der Waals surface area contributed by atoms with E-state index in [-0.39, 0.29) is 0 Å². The third-order valence-electron chi connectivity index (χ3n) is 1.64. The Morgan fingerprint density at radius 3 is 2.67 bits per heavy atom. The number of carboxylic acids is 1. The van der Waals surface area contributed by atoms with Crippen molar-refractivity contribution in [3.8, 4) is 0 Å². The Hall–Kier alpha value is -0.220.